The maximum absolute atomic E-state index is 4.95. The Morgan fingerprint density at radius 1 is 1.00 bits per heavy atom. The SMILES string of the molecule is S=c1nc(-c2cncc(N3CCCCCC3)n2)[nH][nH]1. The molecule has 2 aromatic heterocycles. The van der Waals surface area contributed by atoms with E-state index >= 15 is 0 Å². The second kappa shape index (κ2) is 5.48. The Kier molecular flexibility index (Phi) is 3.54. The summed E-state index contributed by atoms with van der Waals surface area (Å²) < 4.78 is 0.428. The van der Waals surface area contributed by atoms with Crippen molar-refractivity contribution in [3.8, 4) is 11.5 Å². The topological polar surface area (TPSA) is 73.5 Å². The van der Waals surface area contributed by atoms with Gasteiger partial charge in [-0.3, -0.25) is 15.2 Å². The van der Waals surface area contributed by atoms with Crippen LogP contribution in [0.3, 0.4) is 0 Å². The van der Waals surface area contributed by atoms with Crippen molar-refractivity contribution >= 4 is 18.0 Å². The first-order valence-corrected chi connectivity index (χ1v) is 6.96. The molecule has 0 unspecified atom stereocenters. The molecule has 3 rings (SSSR count). The van der Waals surface area contributed by atoms with Crippen LogP contribution in [0.2, 0.25) is 0 Å². The summed E-state index contributed by atoms with van der Waals surface area (Å²) in [4.78, 5) is 15.4. The average molecular weight is 276 g/mol. The first kappa shape index (κ1) is 12.3. The molecule has 0 saturated carbocycles. The third-order valence-electron chi connectivity index (χ3n) is 3.30. The second-order valence-corrected chi connectivity index (χ2v) is 5.07. The van der Waals surface area contributed by atoms with Crippen molar-refractivity contribution in [2.45, 2.75) is 25.7 Å². The predicted octanol–water partition coefficient (Wildman–Crippen LogP) is 2.30. The minimum Gasteiger partial charge on any atom is -0.355 e. The van der Waals surface area contributed by atoms with E-state index < -0.39 is 0 Å². The highest BCUT2D eigenvalue weighted by molar-refractivity contribution is 7.71. The van der Waals surface area contributed by atoms with E-state index in [1.807, 2.05) is 6.20 Å². The van der Waals surface area contributed by atoms with Crippen molar-refractivity contribution in [3.05, 3.63) is 17.2 Å². The van der Waals surface area contributed by atoms with Crippen molar-refractivity contribution in [2.75, 3.05) is 18.0 Å². The van der Waals surface area contributed by atoms with E-state index in [-0.39, 0.29) is 0 Å². The molecule has 0 amide bonds. The van der Waals surface area contributed by atoms with Crippen LogP contribution >= 0.6 is 12.2 Å². The smallest absolute Gasteiger partial charge is 0.213 e. The summed E-state index contributed by atoms with van der Waals surface area (Å²) in [6, 6.07) is 0. The number of nitrogens with zero attached hydrogens (tertiary/aromatic N) is 4. The lowest BCUT2D eigenvalue weighted by Gasteiger charge is -2.21. The quantitative estimate of drug-likeness (QED) is 0.823. The maximum Gasteiger partial charge on any atom is 0.213 e. The summed E-state index contributed by atoms with van der Waals surface area (Å²) in [5, 5.41) is 5.68. The molecule has 0 aliphatic carbocycles. The summed E-state index contributed by atoms with van der Waals surface area (Å²) >= 11 is 4.95. The highest BCUT2D eigenvalue weighted by Gasteiger charge is 2.13. The van der Waals surface area contributed by atoms with Crippen molar-refractivity contribution < 1.29 is 0 Å². The molecule has 7 heteroatoms. The van der Waals surface area contributed by atoms with Gasteiger partial charge in [-0.1, -0.05) is 12.8 Å². The summed E-state index contributed by atoms with van der Waals surface area (Å²) in [5.41, 5.74) is 0.717. The number of H-pyrrole nitrogens is 2. The van der Waals surface area contributed by atoms with Crippen LogP contribution in [0.5, 0.6) is 0 Å². The van der Waals surface area contributed by atoms with Gasteiger partial charge in [-0.15, -0.1) is 0 Å². The molecule has 6 nitrogen and oxygen atoms in total. The molecule has 0 bridgehead atoms. The minimum atomic E-state index is 0.428. The van der Waals surface area contributed by atoms with Gasteiger partial charge in [-0.05, 0) is 25.1 Å². The number of rotatable bonds is 2. The van der Waals surface area contributed by atoms with E-state index in [9.17, 15) is 0 Å². The van der Waals surface area contributed by atoms with Crippen LogP contribution in [0.15, 0.2) is 12.4 Å². The van der Waals surface area contributed by atoms with Crippen molar-refractivity contribution in [1.82, 2.24) is 25.1 Å². The number of hydrogen-bond acceptors (Lipinski definition) is 5. The second-order valence-electron chi connectivity index (χ2n) is 4.68. The summed E-state index contributed by atoms with van der Waals surface area (Å²) in [6.07, 6.45) is 8.55. The normalized spacial score (nSPS) is 16.3. The maximum atomic E-state index is 4.95. The molecule has 0 aromatic carbocycles. The first-order chi connectivity index (χ1) is 9.33. The Morgan fingerprint density at radius 2 is 1.79 bits per heavy atom. The molecule has 1 fully saturated rings. The Bertz CT molecular complexity index is 596. The fourth-order valence-electron chi connectivity index (χ4n) is 2.31. The zero-order chi connectivity index (χ0) is 13.1. The van der Waals surface area contributed by atoms with Gasteiger partial charge in [0.15, 0.2) is 5.82 Å². The molecule has 0 atom stereocenters. The fraction of sp³-hybridized carbons (Fsp3) is 0.500. The first-order valence-electron chi connectivity index (χ1n) is 6.55. The monoisotopic (exact) mass is 276 g/mol. The molecule has 19 heavy (non-hydrogen) atoms. The third-order valence-corrected chi connectivity index (χ3v) is 3.49. The summed E-state index contributed by atoms with van der Waals surface area (Å²) in [6.45, 7) is 2.10. The van der Waals surface area contributed by atoms with Crippen LogP contribution in [0.25, 0.3) is 11.5 Å². The minimum absolute atomic E-state index is 0.428. The molecule has 1 aliphatic heterocycles. The van der Waals surface area contributed by atoms with Gasteiger partial charge in [-0.25, -0.2) is 4.98 Å². The Balaban J connectivity index is 1.88. The number of nitrogens with one attached hydrogen (secondary N) is 2. The number of hydrogen-bond donors (Lipinski definition) is 2. The average Bonchev–Trinajstić information content (AvgIpc) is 2.71. The van der Waals surface area contributed by atoms with E-state index in [1.165, 1.54) is 25.7 Å². The van der Waals surface area contributed by atoms with Crippen LogP contribution in [-0.2, 0) is 0 Å². The predicted molar refractivity (Wildman–Crippen MR) is 75.5 cm³/mol. The van der Waals surface area contributed by atoms with Gasteiger partial charge in [0, 0.05) is 13.1 Å². The van der Waals surface area contributed by atoms with Gasteiger partial charge in [0.1, 0.15) is 11.5 Å². The summed E-state index contributed by atoms with van der Waals surface area (Å²) in [7, 11) is 0. The Labute approximate surface area is 116 Å². The molecule has 2 N–H and O–H groups in total. The molecule has 100 valence electrons. The third kappa shape index (κ3) is 2.81. The van der Waals surface area contributed by atoms with E-state index in [1.54, 1.807) is 6.20 Å². The fourth-order valence-corrected chi connectivity index (χ4v) is 2.46. The van der Waals surface area contributed by atoms with Gasteiger partial charge in [-0.2, -0.15) is 4.98 Å². The van der Waals surface area contributed by atoms with E-state index in [2.05, 4.69) is 30.0 Å². The lowest BCUT2D eigenvalue weighted by atomic mass is 10.2. The lowest BCUT2D eigenvalue weighted by molar-refractivity contribution is 0.726. The van der Waals surface area contributed by atoms with Gasteiger partial charge >= 0.3 is 0 Å². The van der Waals surface area contributed by atoms with Gasteiger partial charge < -0.3 is 4.90 Å². The lowest BCUT2D eigenvalue weighted by Crippen LogP contribution is -2.25. The Hall–Kier alpha value is -1.76. The number of anilines is 1. The van der Waals surface area contributed by atoms with Gasteiger partial charge in [0.05, 0.1) is 12.4 Å². The zero-order valence-electron chi connectivity index (χ0n) is 10.6. The largest absolute Gasteiger partial charge is 0.355 e. The van der Waals surface area contributed by atoms with Gasteiger partial charge in [0.2, 0.25) is 4.77 Å². The van der Waals surface area contributed by atoms with E-state index in [0.29, 0.717) is 16.3 Å². The molecular weight excluding hydrogens is 260 g/mol. The molecule has 0 spiro atoms. The number of aromatic nitrogens is 5. The Morgan fingerprint density at radius 3 is 2.47 bits per heavy atom. The molecule has 2 aromatic rings. The molecule has 1 aliphatic rings. The number of aromatic amines is 2. The van der Waals surface area contributed by atoms with Crippen LogP contribution in [0, 0.1) is 4.77 Å². The van der Waals surface area contributed by atoms with E-state index in [4.69, 9.17) is 12.2 Å². The molecular formula is C12H16N6S. The highest BCUT2D eigenvalue weighted by Crippen LogP contribution is 2.19. The highest BCUT2D eigenvalue weighted by atomic mass is 32.1. The zero-order valence-corrected chi connectivity index (χ0v) is 11.4. The van der Waals surface area contributed by atoms with Gasteiger partial charge in [0.25, 0.3) is 0 Å². The molecule has 0 radical (unpaired) electrons. The summed E-state index contributed by atoms with van der Waals surface area (Å²) in [5.74, 6) is 1.55. The van der Waals surface area contributed by atoms with Crippen molar-refractivity contribution in [1.29, 1.82) is 0 Å². The van der Waals surface area contributed by atoms with E-state index in [0.717, 1.165) is 18.9 Å². The van der Waals surface area contributed by atoms with Crippen LogP contribution < -0.4 is 4.90 Å². The van der Waals surface area contributed by atoms with Crippen molar-refractivity contribution in [2.24, 2.45) is 0 Å². The van der Waals surface area contributed by atoms with Crippen LogP contribution in [0.4, 0.5) is 5.82 Å². The van der Waals surface area contributed by atoms with Crippen LogP contribution in [0.1, 0.15) is 25.7 Å². The molecule has 1 saturated heterocycles. The standard InChI is InChI=1S/C12H16N6S/c19-12-15-11(16-17-12)9-7-13-8-10(14-9)18-5-3-1-2-4-6-18/h7-8H,1-6H2,(H2,15,16,17,19). The molecule has 3 heterocycles. The van der Waals surface area contributed by atoms with Crippen molar-refractivity contribution in [3.63, 3.8) is 0 Å². The van der Waals surface area contributed by atoms with Crippen LogP contribution in [-0.4, -0.2) is 38.2 Å².